The number of phenols is 1. The van der Waals surface area contributed by atoms with Gasteiger partial charge in [0.2, 0.25) is 0 Å². The van der Waals surface area contributed by atoms with Crippen molar-refractivity contribution in [2.75, 3.05) is 0 Å². The van der Waals surface area contributed by atoms with Crippen LogP contribution in [0.3, 0.4) is 0 Å². The van der Waals surface area contributed by atoms with Gasteiger partial charge in [0.15, 0.2) is 11.6 Å². The Bertz CT molecular complexity index is 730. The Labute approximate surface area is 147 Å². The van der Waals surface area contributed by atoms with E-state index in [-0.39, 0.29) is 12.3 Å². The number of aromatic hydroxyl groups is 1. The molecule has 0 aromatic heterocycles. The summed E-state index contributed by atoms with van der Waals surface area (Å²) in [6, 6.07) is 14.3. The van der Waals surface area contributed by atoms with Crippen LogP contribution in [0.25, 0.3) is 0 Å². The lowest BCUT2D eigenvalue weighted by atomic mass is 10.1. The lowest BCUT2D eigenvalue weighted by Gasteiger charge is -2.23. The van der Waals surface area contributed by atoms with Crippen LogP contribution in [0.4, 0.5) is 4.39 Å². The maximum absolute atomic E-state index is 14.1. The van der Waals surface area contributed by atoms with E-state index < -0.39 is 11.9 Å². The second kappa shape index (κ2) is 8.99. The first-order chi connectivity index (χ1) is 12.0. The molecule has 0 amide bonds. The van der Waals surface area contributed by atoms with Gasteiger partial charge < -0.3 is 15.1 Å². The monoisotopic (exact) mass is 342 g/mol. The third-order valence-corrected chi connectivity index (χ3v) is 3.67. The van der Waals surface area contributed by atoms with Gasteiger partial charge in [0.1, 0.15) is 0 Å². The van der Waals surface area contributed by atoms with E-state index in [1.54, 1.807) is 30.3 Å². The molecule has 0 aliphatic heterocycles. The maximum atomic E-state index is 14.1. The Balaban J connectivity index is 2.14. The lowest BCUT2D eigenvalue weighted by Crippen LogP contribution is -2.23. The Morgan fingerprint density at radius 3 is 2.64 bits per heavy atom. The molecule has 0 fully saturated rings. The quantitative estimate of drug-likeness (QED) is 0.566. The third-order valence-electron chi connectivity index (χ3n) is 3.67. The standard InChI is InChI=1S/C20H23FN2O2/c1-15(11-16(2)24)23(13-18-9-6-10-19(25)20(18)21)14-22-12-17-7-4-3-5-8-17/h3-10,14,16,24-25H,1,11-13H2,2H3/b22-14-. The van der Waals surface area contributed by atoms with Gasteiger partial charge in [-0.15, -0.1) is 0 Å². The maximum Gasteiger partial charge on any atom is 0.169 e. The summed E-state index contributed by atoms with van der Waals surface area (Å²) >= 11 is 0. The Kier molecular flexibility index (Phi) is 6.71. The first-order valence-corrected chi connectivity index (χ1v) is 8.10. The number of phenolic OH excluding ortho intramolecular Hbond substituents is 1. The number of benzene rings is 2. The molecule has 25 heavy (non-hydrogen) atoms. The summed E-state index contributed by atoms with van der Waals surface area (Å²) in [7, 11) is 0. The van der Waals surface area contributed by atoms with Crippen molar-refractivity contribution in [3.63, 3.8) is 0 Å². The van der Waals surface area contributed by atoms with Crippen molar-refractivity contribution in [3.05, 3.63) is 77.8 Å². The highest BCUT2D eigenvalue weighted by Crippen LogP contribution is 2.21. The van der Waals surface area contributed by atoms with Crippen molar-refractivity contribution in [1.82, 2.24) is 4.90 Å². The zero-order valence-corrected chi connectivity index (χ0v) is 14.3. The molecule has 1 unspecified atom stereocenters. The summed E-state index contributed by atoms with van der Waals surface area (Å²) in [4.78, 5) is 6.08. The zero-order valence-electron chi connectivity index (χ0n) is 14.3. The van der Waals surface area contributed by atoms with Crippen molar-refractivity contribution in [1.29, 1.82) is 0 Å². The van der Waals surface area contributed by atoms with Crippen LogP contribution in [0.1, 0.15) is 24.5 Å². The van der Waals surface area contributed by atoms with Crippen molar-refractivity contribution < 1.29 is 14.6 Å². The molecule has 1 atom stereocenters. The highest BCUT2D eigenvalue weighted by molar-refractivity contribution is 5.58. The van der Waals surface area contributed by atoms with Crippen molar-refractivity contribution in [2.24, 2.45) is 4.99 Å². The van der Waals surface area contributed by atoms with E-state index in [1.165, 1.54) is 6.07 Å². The van der Waals surface area contributed by atoms with E-state index in [1.807, 2.05) is 30.3 Å². The van der Waals surface area contributed by atoms with Gasteiger partial charge in [-0.25, -0.2) is 4.39 Å². The van der Waals surface area contributed by atoms with E-state index in [0.717, 1.165) is 5.56 Å². The molecule has 0 bridgehead atoms. The largest absolute Gasteiger partial charge is 0.505 e. The summed E-state index contributed by atoms with van der Waals surface area (Å²) < 4.78 is 14.1. The predicted molar refractivity (Wildman–Crippen MR) is 97.7 cm³/mol. The summed E-state index contributed by atoms with van der Waals surface area (Å²) in [5.74, 6) is -1.05. The van der Waals surface area contributed by atoms with Gasteiger partial charge in [-0.3, -0.25) is 4.99 Å². The molecule has 0 aliphatic rings. The number of hydrogen-bond acceptors (Lipinski definition) is 3. The fraction of sp³-hybridized carbons (Fsp3) is 0.250. The van der Waals surface area contributed by atoms with Gasteiger partial charge in [0.05, 0.1) is 25.5 Å². The van der Waals surface area contributed by atoms with Crippen LogP contribution in [0.2, 0.25) is 0 Å². The Morgan fingerprint density at radius 2 is 1.96 bits per heavy atom. The lowest BCUT2D eigenvalue weighted by molar-refractivity contribution is 0.187. The molecule has 0 aliphatic carbocycles. The van der Waals surface area contributed by atoms with Crippen LogP contribution in [-0.4, -0.2) is 27.6 Å². The molecular weight excluding hydrogens is 319 g/mol. The molecule has 2 aromatic carbocycles. The molecule has 2 N–H and O–H groups in total. The summed E-state index contributed by atoms with van der Waals surface area (Å²) in [5, 5.41) is 19.1. The minimum atomic E-state index is -0.659. The fourth-order valence-electron chi connectivity index (χ4n) is 2.39. The minimum absolute atomic E-state index is 0.171. The van der Waals surface area contributed by atoms with E-state index >= 15 is 0 Å². The van der Waals surface area contributed by atoms with E-state index in [9.17, 15) is 14.6 Å². The number of rotatable bonds is 8. The number of aliphatic imine (C=N–C) groups is 1. The molecule has 4 nitrogen and oxygen atoms in total. The summed E-state index contributed by atoms with van der Waals surface area (Å²) in [6.07, 6.45) is 1.38. The van der Waals surface area contributed by atoms with Gasteiger partial charge in [0, 0.05) is 17.7 Å². The van der Waals surface area contributed by atoms with Gasteiger partial charge in [-0.1, -0.05) is 49.0 Å². The smallest absolute Gasteiger partial charge is 0.169 e. The highest BCUT2D eigenvalue weighted by Gasteiger charge is 2.13. The van der Waals surface area contributed by atoms with Gasteiger partial charge in [-0.2, -0.15) is 0 Å². The fourth-order valence-corrected chi connectivity index (χ4v) is 2.39. The summed E-state index contributed by atoms with van der Waals surface area (Å²) in [5.41, 5.74) is 2.01. The Morgan fingerprint density at radius 1 is 1.24 bits per heavy atom. The molecule has 0 heterocycles. The van der Waals surface area contributed by atoms with Crippen LogP contribution in [-0.2, 0) is 13.1 Å². The van der Waals surface area contributed by atoms with Crippen LogP contribution in [0, 0.1) is 5.82 Å². The number of nitrogens with zero attached hydrogens (tertiary/aromatic N) is 2. The van der Waals surface area contributed by atoms with Crippen molar-refractivity contribution in [3.8, 4) is 5.75 Å². The first-order valence-electron chi connectivity index (χ1n) is 8.10. The summed E-state index contributed by atoms with van der Waals surface area (Å²) in [6.45, 7) is 6.28. The number of halogens is 1. The van der Waals surface area contributed by atoms with Crippen LogP contribution in [0.5, 0.6) is 5.75 Å². The molecule has 0 saturated carbocycles. The van der Waals surface area contributed by atoms with E-state index in [0.29, 0.717) is 24.2 Å². The molecular formula is C20H23FN2O2. The molecule has 5 heteroatoms. The van der Waals surface area contributed by atoms with Crippen LogP contribution in [0.15, 0.2) is 65.8 Å². The normalized spacial score (nSPS) is 12.3. The third kappa shape index (κ3) is 5.72. The second-order valence-corrected chi connectivity index (χ2v) is 5.94. The van der Waals surface area contributed by atoms with E-state index in [4.69, 9.17) is 0 Å². The minimum Gasteiger partial charge on any atom is -0.505 e. The van der Waals surface area contributed by atoms with Crippen molar-refractivity contribution >= 4 is 6.34 Å². The second-order valence-electron chi connectivity index (χ2n) is 5.94. The number of aliphatic hydroxyl groups is 1. The van der Waals surface area contributed by atoms with Crippen LogP contribution >= 0.6 is 0 Å². The number of hydrogen-bond donors (Lipinski definition) is 2. The van der Waals surface area contributed by atoms with Crippen molar-refractivity contribution in [2.45, 2.75) is 32.5 Å². The highest BCUT2D eigenvalue weighted by atomic mass is 19.1. The molecule has 132 valence electrons. The molecule has 2 rings (SSSR count). The zero-order chi connectivity index (χ0) is 18.2. The first kappa shape index (κ1) is 18.7. The molecule has 0 saturated heterocycles. The molecule has 0 radical (unpaired) electrons. The SMILES string of the molecule is C=C(CC(C)O)N(/C=N\Cc1ccccc1)Cc1cccc(O)c1F. The topological polar surface area (TPSA) is 56.1 Å². The predicted octanol–water partition coefficient (Wildman–Crippen LogP) is 3.85. The van der Waals surface area contributed by atoms with E-state index in [2.05, 4.69) is 11.6 Å². The average molecular weight is 342 g/mol. The van der Waals surface area contributed by atoms with Gasteiger partial charge in [0.25, 0.3) is 0 Å². The van der Waals surface area contributed by atoms with Gasteiger partial charge in [-0.05, 0) is 18.6 Å². The molecule has 2 aromatic rings. The average Bonchev–Trinajstić information content (AvgIpc) is 2.58. The molecule has 0 spiro atoms. The van der Waals surface area contributed by atoms with Gasteiger partial charge >= 0.3 is 0 Å². The van der Waals surface area contributed by atoms with Crippen LogP contribution < -0.4 is 0 Å². The number of aliphatic hydroxyl groups excluding tert-OH is 1. The Hall–Kier alpha value is -2.66.